The van der Waals surface area contributed by atoms with Gasteiger partial charge in [-0.2, -0.15) is 4.99 Å². The van der Waals surface area contributed by atoms with Gasteiger partial charge in [-0.1, -0.05) is 13.2 Å². The molecule has 0 fully saturated rings. The van der Waals surface area contributed by atoms with Gasteiger partial charge in [-0.05, 0) is 19.1 Å². The molecule has 7 heteroatoms. The molecule has 7 nitrogen and oxygen atoms in total. The number of rotatable bonds is 5. The van der Waals surface area contributed by atoms with Crippen LogP contribution in [-0.4, -0.2) is 30.2 Å². The lowest BCUT2D eigenvalue weighted by Gasteiger charge is -2.30. The summed E-state index contributed by atoms with van der Waals surface area (Å²) in [4.78, 5) is 26.7. The smallest absolute Gasteiger partial charge is 0.264 e. The van der Waals surface area contributed by atoms with Crippen LogP contribution in [0.4, 0.5) is 0 Å². The van der Waals surface area contributed by atoms with E-state index in [0.29, 0.717) is 6.61 Å². The van der Waals surface area contributed by atoms with Crippen LogP contribution in [0.3, 0.4) is 0 Å². The number of nitrogens with one attached hydrogen (secondary N) is 3. The summed E-state index contributed by atoms with van der Waals surface area (Å²) in [5, 5.41) is 7.70. The minimum Gasteiger partial charge on any atom is -0.334 e. The summed E-state index contributed by atoms with van der Waals surface area (Å²) in [6.45, 7) is 8.77. The molecule has 0 aliphatic carbocycles. The van der Waals surface area contributed by atoms with Crippen LogP contribution in [0, 0.1) is 0 Å². The number of ether oxygens (including phenoxy) is 1. The van der Waals surface area contributed by atoms with E-state index in [1.54, 1.807) is 6.92 Å². The highest BCUT2D eigenvalue weighted by Gasteiger charge is 2.31. The lowest BCUT2D eigenvalue weighted by molar-refractivity contribution is -0.124. The molecule has 1 aliphatic rings. The van der Waals surface area contributed by atoms with Gasteiger partial charge in [-0.15, -0.1) is 0 Å². The van der Waals surface area contributed by atoms with Crippen LogP contribution in [0.1, 0.15) is 6.92 Å². The first kappa shape index (κ1) is 14.7. The Morgan fingerprint density at radius 1 is 1.47 bits per heavy atom. The van der Waals surface area contributed by atoms with E-state index in [1.165, 1.54) is 12.3 Å². The Hall–Kier alpha value is -2.41. The number of nitrogens with zero attached hydrogens (tertiary/aromatic N) is 1. The average Bonchev–Trinajstić information content (AvgIpc) is 2.38. The number of amides is 2. The molecular weight excluding hydrogens is 248 g/mol. The summed E-state index contributed by atoms with van der Waals surface area (Å²) < 4.78 is 5.42. The van der Waals surface area contributed by atoms with Crippen molar-refractivity contribution in [3.05, 3.63) is 37.6 Å². The Morgan fingerprint density at radius 3 is 2.74 bits per heavy atom. The van der Waals surface area contributed by atoms with Crippen molar-refractivity contribution in [2.45, 2.75) is 12.8 Å². The van der Waals surface area contributed by atoms with Crippen molar-refractivity contribution in [3.8, 4) is 0 Å². The molecular formula is C12H16N4O3. The molecule has 0 saturated heterocycles. The van der Waals surface area contributed by atoms with E-state index in [0.717, 1.165) is 12.2 Å². The Bertz CT molecular complexity index is 456. The summed E-state index contributed by atoms with van der Waals surface area (Å²) in [5.41, 5.74) is 0. The molecule has 19 heavy (non-hydrogen) atoms. The van der Waals surface area contributed by atoms with Crippen molar-refractivity contribution in [1.82, 2.24) is 16.0 Å². The predicted molar refractivity (Wildman–Crippen MR) is 70.7 cm³/mol. The average molecular weight is 264 g/mol. The molecule has 0 bridgehead atoms. The summed E-state index contributed by atoms with van der Waals surface area (Å²) in [5.74, 6) is -2.10. The minimum atomic E-state index is -1.37. The third-order valence-electron chi connectivity index (χ3n) is 2.09. The second kappa shape index (κ2) is 6.50. The number of hydrogen-bond donors (Lipinski definition) is 3. The van der Waals surface area contributed by atoms with Gasteiger partial charge in [0.15, 0.2) is 0 Å². The van der Waals surface area contributed by atoms with Crippen LogP contribution in [0.2, 0.25) is 0 Å². The maximum absolute atomic E-state index is 11.4. The zero-order valence-electron chi connectivity index (χ0n) is 10.6. The molecule has 3 N–H and O–H groups in total. The van der Waals surface area contributed by atoms with Gasteiger partial charge in [0.1, 0.15) is 0 Å². The molecule has 0 aromatic carbocycles. The molecule has 1 rings (SSSR count). The molecule has 102 valence electrons. The Labute approximate surface area is 111 Å². The third-order valence-corrected chi connectivity index (χ3v) is 2.09. The first-order chi connectivity index (χ1) is 9.05. The molecule has 1 unspecified atom stereocenters. The van der Waals surface area contributed by atoms with E-state index in [9.17, 15) is 9.59 Å². The van der Waals surface area contributed by atoms with Crippen LogP contribution < -0.4 is 16.0 Å². The molecule has 2 amide bonds. The quantitative estimate of drug-likeness (QED) is 0.472. The highest BCUT2D eigenvalue weighted by atomic mass is 16.5. The topological polar surface area (TPSA) is 91.8 Å². The van der Waals surface area contributed by atoms with Gasteiger partial charge < -0.3 is 15.4 Å². The van der Waals surface area contributed by atoms with E-state index in [2.05, 4.69) is 34.1 Å². The Morgan fingerprint density at radius 2 is 2.16 bits per heavy atom. The Kier molecular flexibility index (Phi) is 5.01. The maximum Gasteiger partial charge on any atom is 0.264 e. The molecule has 1 heterocycles. The van der Waals surface area contributed by atoms with Crippen molar-refractivity contribution in [3.63, 3.8) is 0 Å². The summed E-state index contributed by atoms with van der Waals surface area (Å²) >= 11 is 0. The fraction of sp³-hybridized carbons (Fsp3) is 0.250. The van der Waals surface area contributed by atoms with Gasteiger partial charge >= 0.3 is 0 Å². The normalized spacial score (nSPS) is 20.8. The fourth-order valence-corrected chi connectivity index (χ4v) is 1.33. The highest BCUT2D eigenvalue weighted by molar-refractivity contribution is 6.02. The fourth-order valence-electron chi connectivity index (χ4n) is 1.33. The summed E-state index contributed by atoms with van der Waals surface area (Å²) in [7, 11) is 0. The maximum atomic E-state index is 11.4. The van der Waals surface area contributed by atoms with E-state index >= 15 is 0 Å². The molecule has 0 spiro atoms. The van der Waals surface area contributed by atoms with E-state index in [1.807, 2.05) is 0 Å². The Balaban J connectivity index is 2.94. The van der Waals surface area contributed by atoms with Crippen LogP contribution in [0.5, 0.6) is 0 Å². The molecule has 1 aliphatic heterocycles. The molecule has 0 aromatic heterocycles. The van der Waals surface area contributed by atoms with Gasteiger partial charge in [0, 0.05) is 18.9 Å². The van der Waals surface area contributed by atoms with Gasteiger partial charge in [-0.3, -0.25) is 14.9 Å². The second-order valence-electron chi connectivity index (χ2n) is 3.45. The highest BCUT2D eigenvalue weighted by Crippen LogP contribution is 2.14. The van der Waals surface area contributed by atoms with Crippen molar-refractivity contribution >= 4 is 17.8 Å². The first-order valence-electron chi connectivity index (χ1n) is 5.61. The van der Waals surface area contributed by atoms with Crippen molar-refractivity contribution in [2.75, 3.05) is 6.61 Å². The zero-order valence-corrected chi connectivity index (χ0v) is 10.6. The second-order valence-corrected chi connectivity index (χ2v) is 3.45. The van der Waals surface area contributed by atoms with E-state index in [4.69, 9.17) is 4.74 Å². The first-order valence-corrected chi connectivity index (χ1v) is 5.61. The molecule has 0 aromatic rings. The van der Waals surface area contributed by atoms with Gasteiger partial charge in [-0.25, -0.2) is 0 Å². The summed E-state index contributed by atoms with van der Waals surface area (Å²) in [6, 6.07) is 0. The van der Waals surface area contributed by atoms with Crippen molar-refractivity contribution < 1.29 is 14.3 Å². The number of carbonyl (C=O) groups excluding carboxylic acids is 2. The number of aliphatic imine (C=N–C) groups is 1. The van der Waals surface area contributed by atoms with Gasteiger partial charge in [0.25, 0.3) is 5.85 Å². The van der Waals surface area contributed by atoms with Crippen LogP contribution in [-0.2, 0) is 14.3 Å². The molecule has 1 atom stereocenters. The van der Waals surface area contributed by atoms with Crippen molar-refractivity contribution in [2.24, 2.45) is 4.99 Å². The standard InChI is InChI=1S/C12H16N4O3/c1-4-9(17)14-11-13-8-7-12(16-11,19-6-3)15-10(18)5-2/h4-5,7-8H,1-2,6H2,3H3,(H,15,18)(H2,13,14,16,17). The van der Waals surface area contributed by atoms with Crippen LogP contribution >= 0.6 is 0 Å². The van der Waals surface area contributed by atoms with Gasteiger partial charge in [0.05, 0.1) is 0 Å². The lowest BCUT2D eigenvalue weighted by atomic mass is 10.3. The molecule has 0 radical (unpaired) electrons. The van der Waals surface area contributed by atoms with Crippen LogP contribution in [0.15, 0.2) is 42.6 Å². The zero-order chi connectivity index (χ0) is 14.3. The minimum absolute atomic E-state index is 0.144. The predicted octanol–water partition coefficient (Wildman–Crippen LogP) is -0.246. The number of guanidine groups is 1. The summed E-state index contributed by atoms with van der Waals surface area (Å²) in [6.07, 6.45) is 5.23. The molecule has 0 saturated carbocycles. The monoisotopic (exact) mass is 264 g/mol. The van der Waals surface area contributed by atoms with Crippen LogP contribution in [0.25, 0.3) is 0 Å². The number of carbonyl (C=O) groups is 2. The lowest BCUT2D eigenvalue weighted by Crippen LogP contribution is -2.53. The van der Waals surface area contributed by atoms with E-state index < -0.39 is 17.7 Å². The number of hydrogen-bond acceptors (Lipinski definition) is 5. The van der Waals surface area contributed by atoms with Crippen molar-refractivity contribution in [1.29, 1.82) is 0 Å². The van der Waals surface area contributed by atoms with Gasteiger partial charge in [0.2, 0.25) is 17.8 Å². The van der Waals surface area contributed by atoms with E-state index in [-0.39, 0.29) is 5.96 Å². The third kappa shape index (κ3) is 4.07. The SMILES string of the molecule is C=CC(=O)NC1=NC(NC(=O)C=C)(OCC)C=CN1. The largest absolute Gasteiger partial charge is 0.334 e.